The van der Waals surface area contributed by atoms with Gasteiger partial charge in [0.05, 0.1) is 6.10 Å². The second-order valence-electron chi connectivity index (χ2n) is 4.49. The van der Waals surface area contributed by atoms with Crippen LogP contribution in [0.15, 0.2) is 47.1 Å². The number of carbonyl (C=O) groups excluding carboxylic acids is 1. The molecule has 1 atom stereocenters. The zero-order valence-corrected chi connectivity index (χ0v) is 9.61. The number of amides is 1. The Bertz CT molecular complexity index is 463. The van der Waals surface area contributed by atoms with Crippen LogP contribution in [0.4, 0.5) is 0 Å². The standard InChI is InChI=1S/C14H15NO2/c16-14(15-9-11-4-2-8-17-11)13-7-6-10-3-1-5-12(10)13/h1,3,5-7,11H,2,4,8-9H2,(H,15,16)/t11-/m0/s1. The van der Waals surface area contributed by atoms with Gasteiger partial charge in [-0.1, -0.05) is 24.3 Å². The van der Waals surface area contributed by atoms with Crippen molar-refractivity contribution in [3.05, 3.63) is 47.1 Å². The fourth-order valence-electron chi connectivity index (χ4n) is 2.39. The van der Waals surface area contributed by atoms with E-state index in [-0.39, 0.29) is 12.0 Å². The molecule has 0 aromatic heterocycles. The van der Waals surface area contributed by atoms with Crippen molar-refractivity contribution >= 4 is 5.91 Å². The van der Waals surface area contributed by atoms with Crippen molar-refractivity contribution in [1.29, 1.82) is 0 Å². The summed E-state index contributed by atoms with van der Waals surface area (Å²) in [6, 6.07) is 0. The highest BCUT2D eigenvalue weighted by molar-refractivity contribution is 6.00. The lowest BCUT2D eigenvalue weighted by Gasteiger charge is -2.11. The molecule has 88 valence electrons. The van der Waals surface area contributed by atoms with Crippen LogP contribution < -0.4 is 5.32 Å². The summed E-state index contributed by atoms with van der Waals surface area (Å²) in [5.41, 5.74) is 2.94. The smallest absolute Gasteiger partial charge is 0.252 e. The van der Waals surface area contributed by atoms with Crippen LogP contribution in [0.2, 0.25) is 0 Å². The van der Waals surface area contributed by atoms with Gasteiger partial charge < -0.3 is 10.1 Å². The second kappa shape index (κ2) is 4.34. The summed E-state index contributed by atoms with van der Waals surface area (Å²) in [6.07, 6.45) is 12.2. The topological polar surface area (TPSA) is 38.3 Å². The van der Waals surface area contributed by atoms with Crippen LogP contribution in [0.25, 0.3) is 0 Å². The minimum absolute atomic E-state index is 0.00157. The Morgan fingerprint density at radius 3 is 3.18 bits per heavy atom. The van der Waals surface area contributed by atoms with Crippen molar-refractivity contribution in [3.8, 4) is 0 Å². The van der Waals surface area contributed by atoms with Gasteiger partial charge in [0.2, 0.25) is 0 Å². The molecule has 0 radical (unpaired) electrons. The molecule has 2 aliphatic carbocycles. The Hall–Kier alpha value is -1.61. The third-order valence-corrected chi connectivity index (χ3v) is 3.33. The molecule has 0 bridgehead atoms. The molecule has 0 aromatic rings. The molecule has 3 aliphatic rings. The van der Waals surface area contributed by atoms with Crippen LogP contribution in [0.3, 0.4) is 0 Å². The van der Waals surface area contributed by atoms with Crippen molar-refractivity contribution in [2.75, 3.05) is 13.2 Å². The van der Waals surface area contributed by atoms with Gasteiger partial charge in [0.15, 0.2) is 0 Å². The maximum Gasteiger partial charge on any atom is 0.252 e. The summed E-state index contributed by atoms with van der Waals surface area (Å²) in [5.74, 6) is 0.00157. The first kappa shape index (κ1) is 10.5. The van der Waals surface area contributed by atoms with Crippen molar-refractivity contribution in [3.63, 3.8) is 0 Å². The first-order chi connectivity index (χ1) is 8.34. The van der Waals surface area contributed by atoms with Gasteiger partial charge in [0, 0.05) is 18.7 Å². The summed E-state index contributed by atoms with van der Waals surface area (Å²) in [4.78, 5) is 12.0. The number of hydrogen-bond donors (Lipinski definition) is 1. The van der Waals surface area contributed by atoms with Crippen molar-refractivity contribution in [2.45, 2.75) is 18.9 Å². The molecule has 1 amide bonds. The lowest BCUT2D eigenvalue weighted by Crippen LogP contribution is -2.32. The number of carbonyl (C=O) groups is 1. The van der Waals surface area contributed by atoms with Gasteiger partial charge in [-0.25, -0.2) is 0 Å². The molecule has 0 unspecified atom stereocenters. The summed E-state index contributed by atoms with van der Waals surface area (Å²) in [7, 11) is 0. The predicted octanol–water partition coefficient (Wildman–Crippen LogP) is 1.64. The molecule has 17 heavy (non-hydrogen) atoms. The summed E-state index contributed by atoms with van der Waals surface area (Å²) < 4.78 is 5.48. The number of allylic oxidation sites excluding steroid dienone is 6. The van der Waals surface area contributed by atoms with Gasteiger partial charge in [-0.2, -0.15) is 0 Å². The molecule has 3 rings (SSSR count). The summed E-state index contributed by atoms with van der Waals surface area (Å²) >= 11 is 0. The minimum atomic E-state index is 0.00157. The predicted molar refractivity (Wildman–Crippen MR) is 65.4 cm³/mol. The largest absolute Gasteiger partial charge is 0.376 e. The highest BCUT2D eigenvalue weighted by atomic mass is 16.5. The highest BCUT2D eigenvalue weighted by Crippen LogP contribution is 2.29. The van der Waals surface area contributed by atoms with Gasteiger partial charge in [0.25, 0.3) is 5.91 Å². The van der Waals surface area contributed by atoms with E-state index >= 15 is 0 Å². The van der Waals surface area contributed by atoms with Crippen LogP contribution in [0.1, 0.15) is 12.8 Å². The highest BCUT2D eigenvalue weighted by Gasteiger charge is 2.21. The van der Waals surface area contributed by atoms with Crippen LogP contribution in [-0.4, -0.2) is 25.2 Å². The maximum atomic E-state index is 12.0. The van der Waals surface area contributed by atoms with E-state index in [0.29, 0.717) is 6.54 Å². The van der Waals surface area contributed by atoms with Crippen LogP contribution in [-0.2, 0) is 9.53 Å². The van der Waals surface area contributed by atoms with Gasteiger partial charge in [-0.15, -0.1) is 0 Å². The molecule has 1 saturated heterocycles. The van der Waals surface area contributed by atoms with E-state index in [9.17, 15) is 4.79 Å². The molecule has 3 nitrogen and oxygen atoms in total. The first-order valence-electron chi connectivity index (χ1n) is 6.05. The van der Waals surface area contributed by atoms with Crippen molar-refractivity contribution in [2.24, 2.45) is 0 Å². The van der Waals surface area contributed by atoms with Crippen molar-refractivity contribution in [1.82, 2.24) is 5.32 Å². The molecule has 1 fully saturated rings. The van der Waals surface area contributed by atoms with E-state index in [1.807, 2.05) is 30.4 Å². The average molecular weight is 229 g/mol. The molecular weight excluding hydrogens is 214 g/mol. The summed E-state index contributed by atoms with van der Waals surface area (Å²) in [6.45, 7) is 1.44. The molecule has 3 heteroatoms. The van der Waals surface area contributed by atoms with Gasteiger partial charge in [0.1, 0.15) is 0 Å². The SMILES string of the molecule is O=C(NC[C@@H]1CCCO1)C1=C2C=CC=C2C=C1. The van der Waals surface area contributed by atoms with E-state index in [4.69, 9.17) is 4.74 Å². The fourth-order valence-corrected chi connectivity index (χ4v) is 2.39. The van der Waals surface area contributed by atoms with Gasteiger partial charge in [-0.3, -0.25) is 4.79 Å². The lowest BCUT2D eigenvalue weighted by molar-refractivity contribution is -0.117. The molecule has 0 saturated carbocycles. The van der Waals surface area contributed by atoms with Crippen LogP contribution in [0.5, 0.6) is 0 Å². The zero-order valence-electron chi connectivity index (χ0n) is 9.61. The summed E-state index contributed by atoms with van der Waals surface area (Å²) in [5, 5.41) is 2.94. The van der Waals surface area contributed by atoms with Crippen LogP contribution >= 0.6 is 0 Å². The molecule has 0 aromatic carbocycles. The quantitative estimate of drug-likeness (QED) is 0.799. The Labute approximate surface area is 101 Å². The molecule has 1 heterocycles. The molecule has 1 N–H and O–H groups in total. The normalized spacial score (nSPS) is 25.4. The fraction of sp³-hybridized carbons (Fsp3) is 0.357. The number of rotatable bonds is 3. The number of ether oxygens (including phenoxy) is 1. The van der Waals surface area contributed by atoms with Gasteiger partial charge in [-0.05, 0) is 30.1 Å². The maximum absolute atomic E-state index is 12.0. The van der Waals surface area contributed by atoms with E-state index < -0.39 is 0 Å². The van der Waals surface area contributed by atoms with E-state index in [2.05, 4.69) is 5.32 Å². The number of nitrogens with one attached hydrogen (secondary N) is 1. The third kappa shape index (κ3) is 1.98. The molecule has 0 spiro atoms. The average Bonchev–Trinajstić information content (AvgIpc) is 3.02. The second-order valence-corrected chi connectivity index (χ2v) is 4.49. The van der Waals surface area contributed by atoms with E-state index in [0.717, 1.165) is 36.2 Å². The lowest BCUT2D eigenvalue weighted by atomic mass is 10.1. The number of fused-ring (bicyclic) bond motifs is 1. The third-order valence-electron chi connectivity index (χ3n) is 3.33. The van der Waals surface area contributed by atoms with Crippen LogP contribution in [0, 0.1) is 0 Å². The Kier molecular flexibility index (Phi) is 2.69. The molecular formula is C14H15NO2. The van der Waals surface area contributed by atoms with E-state index in [1.165, 1.54) is 0 Å². The van der Waals surface area contributed by atoms with E-state index in [1.54, 1.807) is 0 Å². The Morgan fingerprint density at radius 2 is 2.35 bits per heavy atom. The molecule has 1 aliphatic heterocycles. The van der Waals surface area contributed by atoms with Crippen molar-refractivity contribution < 1.29 is 9.53 Å². The first-order valence-corrected chi connectivity index (χ1v) is 6.05. The Morgan fingerprint density at radius 1 is 1.41 bits per heavy atom. The number of hydrogen-bond acceptors (Lipinski definition) is 2. The monoisotopic (exact) mass is 229 g/mol. The Balaban J connectivity index is 1.63. The zero-order chi connectivity index (χ0) is 11.7. The van der Waals surface area contributed by atoms with Gasteiger partial charge >= 0.3 is 0 Å². The minimum Gasteiger partial charge on any atom is -0.376 e.